The lowest BCUT2D eigenvalue weighted by atomic mass is 10.1. The number of nitrogens with zero attached hydrogens (tertiary/aromatic N) is 2. The lowest BCUT2D eigenvalue weighted by Gasteiger charge is -2.03. The van der Waals surface area contributed by atoms with Crippen LogP contribution in [0, 0.1) is 6.92 Å². The number of hydrogen-bond donors (Lipinski definition) is 0. The predicted octanol–water partition coefficient (Wildman–Crippen LogP) is 2.47. The zero-order valence-electron chi connectivity index (χ0n) is 6.56. The molecule has 0 unspecified atom stereocenters. The monoisotopic (exact) mass is 168 g/mol. The maximum atomic E-state index is 5.81. The molecule has 1 aromatic rings. The van der Waals surface area contributed by atoms with Crippen LogP contribution in [0.25, 0.3) is 5.57 Å². The molecule has 0 spiro atoms. The Hall–Kier alpha value is -0.890. The highest BCUT2D eigenvalue weighted by Gasteiger charge is 2.05. The molecule has 0 amide bonds. The Balaban J connectivity index is 3.32. The van der Waals surface area contributed by atoms with E-state index in [0.29, 0.717) is 5.15 Å². The van der Waals surface area contributed by atoms with Gasteiger partial charge in [0, 0.05) is 11.3 Å². The predicted molar refractivity (Wildman–Crippen MR) is 46.5 cm³/mol. The van der Waals surface area contributed by atoms with E-state index in [1.807, 2.05) is 13.8 Å². The van der Waals surface area contributed by atoms with E-state index < -0.39 is 0 Å². The van der Waals surface area contributed by atoms with Gasteiger partial charge in [-0.1, -0.05) is 18.2 Å². The van der Waals surface area contributed by atoms with Gasteiger partial charge in [-0.15, -0.1) is 0 Å². The number of halogens is 1. The summed E-state index contributed by atoms with van der Waals surface area (Å²) in [4.78, 5) is 7.86. The molecule has 1 heterocycles. The van der Waals surface area contributed by atoms with Crippen molar-refractivity contribution in [2.24, 2.45) is 0 Å². The third-order valence-corrected chi connectivity index (χ3v) is 1.70. The van der Waals surface area contributed by atoms with Crippen molar-refractivity contribution in [1.82, 2.24) is 9.97 Å². The summed E-state index contributed by atoms with van der Waals surface area (Å²) >= 11 is 5.81. The van der Waals surface area contributed by atoms with Crippen LogP contribution in [0.15, 0.2) is 12.9 Å². The summed E-state index contributed by atoms with van der Waals surface area (Å²) < 4.78 is 0. The second-order valence-electron chi connectivity index (χ2n) is 2.41. The second-order valence-corrected chi connectivity index (χ2v) is 2.76. The van der Waals surface area contributed by atoms with Gasteiger partial charge in [-0.3, -0.25) is 0 Å². The van der Waals surface area contributed by atoms with E-state index in [4.69, 9.17) is 11.6 Å². The molecule has 0 fully saturated rings. The first kappa shape index (κ1) is 8.21. The Bertz CT molecular complexity index is 274. The minimum absolute atomic E-state index is 0.477. The quantitative estimate of drug-likeness (QED) is 0.602. The summed E-state index contributed by atoms with van der Waals surface area (Å²) in [5.74, 6) is 0. The zero-order valence-corrected chi connectivity index (χ0v) is 7.31. The molecule has 0 radical (unpaired) electrons. The summed E-state index contributed by atoms with van der Waals surface area (Å²) in [5, 5.41) is 0.477. The van der Waals surface area contributed by atoms with Gasteiger partial charge in [-0.05, 0) is 19.4 Å². The average Bonchev–Trinajstić information content (AvgIpc) is 1.85. The van der Waals surface area contributed by atoms with Crippen LogP contribution in [-0.4, -0.2) is 9.97 Å². The Morgan fingerprint density at radius 3 is 2.55 bits per heavy atom. The third-order valence-electron chi connectivity index (χ3n) is 1.42. The van der Waals surface area contributed by atoms with Crippen LogP contribution in [-0.2, 0) is 0 Å². The normalized spacial score (nSPS) is 9.73. The number of aryl methyl sites for hydroxylation is 1. The van der Waals surface area contributed by atoms with Crippen LogP contribution in [0.1, 0.15) is 18.2 Å². The Kier molecular flexibility index (Phi) is 2.25. The highest BCUT2D eigenvalue weighted by Crippen LogP contribution is 2.21. The molecule has 0 bridgehead atoms. The summed E-state index contributed by atoms with van der Waals surface area (Å²) in [6.07, 6.45) is 1.45. The van der Waals surface area contributed by atoms with Crippen molar-refractivity contribution in [3.8, 4) is 0 Å². The van der Waals surface area contributed by atoms with Crippen LogP contribution >= 0.6 is 11.6 Å². The maximum Gasteiger partial charge on any atom is 0.140 e. The minimum atomic E-state index is 0.477. The molecule has 0 aromatic carbocycles. The first-order valence-corrected chi connectivity index (χ1v) is 3.63. The highest BCUT2D eigenvalue weighted by atomic mass is 35.5. The van der Waals surface area contributed by atoms with Crippen molar-refractivity contribution in [2.45, 2.75) is 13.8 Å². The Labute approximate surface area is 70.9 Å². The molecule has 11 heavy (non-hydrogen) atoms. The molecule has 0 aliphatic rings. The average molecular weight is 169 g/mol. The van der Waals surface area contributed by atoms with Gasteiger partial charge in [0.15, 0.2) is 0 Å². The Morgan fingerprint density at radius 1 is 1.55 bits per heavy atom. The van der Waals surface area contributed by atoms with E-state index in [0.717, 1.165) is 16.8 Å². The van der Waals surface area contributed by atoms with Crippen LogP contribution < -0.4 is 0 Å². The molecule has 1 rings (SSSR count). The zero-order chi connectivity index (χ0) is 8.43. The molecular weight excluding hydrogens is 160 g/mol. The van der Waals surface area contributed by atoms with E-state index in [9.17, 15) is 0 Å². The minimum Gasteiger partial charge on any atom is -0.241 e. The molecule has 0 saturated heterocycles. The van der Waals surface area contributed by atoms with Gasteiger partial charge >= 0.3 is 0 Å². The molecule has 3 heteroatoms. The van der Waals surface area contributed by atoms with Crippen LogP contribution in [0.2, 0.25) is 5.15 Å². The second kappa shape index (κ2) is 3.01. The number of aromatic nitrogens is 2. The fourth-order valence-electron chi connectivity index (χ4n) is 0.929. The van der Waals surface area contributed by atoms with Crippen molar-refractivity contribution in [1.29, 1.82) is 0 Å². The van der Waals surface area contributed by atoms with Crippen LogP contribution in [0.4, 0.5) is 0 Å². The third kappa shape index (κ3) is 1.57. The van der Waals surface area contributed by atoms with Crippen molar-refractivity contribution in [3.63, 3.8) is 0 Å². The van der Waals surface area contributed by atoms with Crippen molar-refractivity contribution in [3.05, 3.63) is 29.3 Å². The van der Waals surface area contributed by atoms with Crippen LogP contribution in [0.3, 0.4) is 0 Å². The van der Waals surface area contributed by atoms with Gasteiger partial charge in [-0.25, -0.2) is 9.97 Å². The fraction of sp³-hybridized carbons (Fsp3) is 0.250. The van der Waals surface area contributed by atoms with E-state index in [1.165, 1.54) is 6.33 Å². The summed E-state index contributed by atoms with van der Waals surface area (Å²) in [7, 11) is 0. The first-order valence-electron chi connectivity index (χ1n) is 3.26. The van der Waals surface area contributed by atoms with Gasteiger partial charge in [0.05, 0.1) is 0 Å². The topological polar surface area (TPSA) is 25.8 Å². The molecule has 0 aliphatic heterocycles. The van der Waals surface area contributed by atoms with E-state index in [-0.39, 0.29) is 0 Å². The SMILES string of the molecule is C=C(C)c1c(C)ncnc1Cl. The standard InChI is InChI=1S/C8H9ClN2/c1-5(2)7-6(3)10-4-11-8(7)9/h4H,1H2,2-3H3. The van der Waals surface area contributed by atoms with Gasteiger partial charge in [0.25, 0.3) is 0 Å². The smallest absolute Gasteiger partial charge is 0.140 e. The summed E-state index contributed by atoms with van der Waals surface area (Å²) in [6.45, 7) is 7.56. The number of allylic oxidation sites excluding steroid dienone is 1. The van der Waals surface area contributed by atoms with E-state index in [2.05, 4.69) is 16.5 Å². The Morgan fingerprint density at radius 2 is 2.18 bits per heavy atom. The highest BCUT2D eigenvalue weighted by molar-refractivity contribution is 6.31. The lowest BCUT2D eigenvalue weighted by Crippen LogP contribution is -1.92. The lowest BCUT2D eigenvalue weighted by molar-refractivity contribution is 1.09. The van der Waals surface area contributed by atoms with Crippen LogP contribution in [0.5, 0.6) is 0 Å². The molecular formula is C8H9ClN2. The van der Waals surface area contributed by atoms with Gasteiger partial charge in [-0.2, -0.15) is 0 Å². The van der Waals surface area contributed by atoms with Crippen molar-refractivity contribution in [2.75, 3.05) is 0 Å². The first-order chi connectivity index (χ1) is 5.13. The van der Waals surface area contributed by atoms with E-state index >= 15 is 0 Å². The van der Waals surface area contributed by atoms with Crippen molar-refractivity contribution >= 4 is 17.2 Å². The molecule has 0 N–H and O–H groups in total. The molecule has 0 aliphatic carbocycles. The maximum absolute atomic E-state index is 5.81. The molecule has 0 saturated carbocycles. The van der Waals surface area contributed by atoms with Gasteiger partial charge in [0.1, 0.15) is 11.5 Å². The largest absolute Gasteiger partial charge is 0.241 e. The van der Waals surface area contributed by atoms with Gasteiger partial charge < -0.3 is 0 Å². The van der Waals surface area contributed by atoms with E-state index in [1.54, 1.807) is 0 Å². The number of rotatable bonds is 1. The molecule has 0 atom stereocenters. The van der Waals surface area contributed by atoms with Crippen molar-refractivity contribution < 1.29 is 0 Å². The van der Waals surface area contributed by atoms with Gasteiger partial charge in [0.2, 0.25) is 0 Å². The molecule has 2 nitrogen and oxygen atoms in total. The molecule has 1 aromatic heterocycles. The molecule has 58 valence electrons. The number of hydrogen-bond acceptors (Lipinski definition) is 2. The summed E-state index contributed by atoms with van der Waals surface area (Å²) in [6, 6.07) is 0. The summed E-state index contributed by atoms with van der Waals surface area (Å²) in [5.41, 5.74) is 2.62. The fourth-order valence-corrected chi connectivity index (χ4v) is 1.27.